The van der Waals surface area contributed by atoms with E-state index in [-0.39, 0.29) is 6.42 Å². The van der Waals surface area contributed by atoms with Gasteiger partial charge in [-0.25, -0.2) is 0 Å². The number of nitrogens with zero attached hydrogens (tertiary/aromatic N) is 1. The maximum absolute atomic E-state index is 10.8. The molecular weight excluding hydrogens is 418 g/mol. The molecule has 3 aromatic rings. The molecule has 2 aromatic carbocycles. The molecule has 0 fully saturated rings. The normalized spacial score (nSPS) is 11.2. The summed E-state index contributed by atoms with van der Waals surface area (Å²) in [6.45, 7) is 5.91. The SMILES string of the molecule is CCCc1cccc2c1c(OCCCSc1ccc(CC(=O)O)cc1Cl)cn2CC. The van der Waals surface area contributed by atoms with E-state index in [1.165, 1.54) is 16.5 Å². The number of aromatic nitrogens is 1. The number of rotatable bonds is 11. The van der Waals surface area contributed by atoms with Crippen LogP contribution in [0.1, 0.15) is 37.8 Å². The minimum Gasteiger partial charge on any atom is -0.491 e. The number of ether oxygens (including phenoxy) is 1. The molecule has 0 saturated heterocycles. The number of aliphatic carboxylic acids is 1. The molecule has 0 atom stereocenters. The number of benzene rings is 2. The van der Waals surface area contributed by atoms with Gasteiger partial charge < -0.3 is 14.4 Å². The van der Waals surface area contributed by atoms with Crippen molar-refractivity contribution < 1.29 is 14.6 Å². The molecule has 0 spiro atoms. The average Bonchev–Trinajstić information content (AvgIpc) is 3.08. The van der Waals surface area contributed by atoms with Crippen LogP contribution < -0.4 is 4.74 Å². The number of carboxylic acids is 1. The van der Waals surface area contributed by atoms with Crippen molar-refractivity contribution in [2.24, 2.45) is 0 Å². The van der Waals surface area contributed by atoms with Gasteiger partial charge in [0.15, 0.2) is 0 Å². The molecule has 0 saturated carbocycles. The first-order chi connectivity index (χ1) is 14.5. The second-order valence-corrected chi connectivity index (χ2v) is 8.77. The monoisotopic (exact) mass is 445 g/mol. The van der Waals surface area contributed by atoms with E-state index < -0.39 is 5.97 Å². The Bertz CT molecular complexity index is 1020. The Morgan fingerprint density at radius 3 is 2.77 bits per heavy atom. The molecule has 30 heavy (non-hydrogen) atoms. The van der Waals surface area contributed by atoms with Crippen LogP contribution in [0.5, 0.6) is 5.75 Å². The van der Waals surface area contributed by atoms with Gasteiger partial charge in [0.05, 0.1) is 23.6 Å². The van der Waals surface area contributed by atoms with Gasteiger partial charge in [0.1, 0.15) is 5.75 Å². The predicted molar refractivity (Wildman–Crippen MR) is 125 cm³/mol. The van der Waals surface area contributed by atoms with Crippen molar-refractivity contribution >= 4 is 40.2 Å². The Hall–Kier alpha value is -2.11. The maximum Gasteiger partial charge on any atom is 0.307 e. The van der Waals surface area contributed by atoms with Crippen LogP contribution in [0.4, 0.5) is 0 Å². The van der Waals surface area contributed by atoms with Crippen molar-refractivity contribution in [1.29, 1.82) is 0 Å². The highest BCUT2D eigenvalue weighted by Gasteiger charge is 2.13. The molecule has 0 radical (unpaired) electrons. The first-order valence-electron chi connectivity index (χ1n) is 10.4. The number of thioether (sulfide) groups is 1. The van der Waals surface area contributed by atoms with Crippen molar-refractivity contribution in [3.8, 4) is 5.75 Å². The average molecular weight is 446 g/mol. The third-order valence-corrected chi connectivity index (χ3v) is 6.56. The van der Waals surface area contributed by atoms with E-state index in [1.54, 1.807) is 17.8 Å². The quantitative estimate of drug-likeness (QED) is 0.272. The van der Waals surface area contributed by atoms with Gasteiger partial charge in [-0.3, -0.25) is 4.79 Å². The minimum atomic E-state index is -0.852. The lowest BCUT2D eigenvalue weighted by atomic mass is 10.1. The molecule has 4 nitrogen and oxygen atoms in total. The van der Waals surface area contributed by atoms with Crippen molar-refractivity contribution in [2.45, 2.75) is 51.0 Å². The third kappa shape index (κ3) is 5.52. The summed E-state index contributed by atoms with van der Waals surface area (Å²) < 4.78 is 8.43. The summed E-state index contributed by atoms with van der Waals surface area (Å²) in [5, 5.41) is 10.7. The molecule has 1 aromatic heterocycles. The molecule has 3 rings (SSSR count). The molecule has 0 aliphatic heterocycles. The highest BCUT2D eigenvalue weighted by Crippen LogP contribution is 2.33. The highest BCUT2D eigenvalue weighted by molar-refractivity contribution is 7.99. The van der Waals surface area contributed by atoms with Gasteiger partial charge >= 0.3 is 5.97 Å². The van der Waals surface area contributed by atoms with E-state index in [2.05, 4.69) is 42.8 Å². The van der Waals surface area contributed by atoms with Gasteiger partial charge in [-0.15, -0.1) is 11.8 Å². The predicted octanol–water partition coefficient (Wildman–Crippen LogP) is 6.46. The largest absolute Gasteiger partial charge is 0.491 e. The van der Waals surface area contributed by atoms with Crippen LogP contribution in [-0.4, -0.2) is 28.0 Å². The molecule has 6 heteroatoms. The maximum atomic E-state index is 10.8. The van der Waals surface area contributed by atoms with Crippen LogP contribution in [0.2, 0.25) is 5.02 Å². The van der Waals surface area contributed by atoms with Crippen molar-refractivity contribution in [2.75, 3.05) is 12.4 Å². The van der Waals surface area contributed by atoms with E-state index in [1.807, 2.05) is 12.1 Å². The van der Waals surface area contributed by atoms with Crippen molar-refractivity contribution in [3.05, 3.63) is 58.7 Å². The van der Waals surface area contributed by atoms with Crippen LogP contribution >= 0.6 is 23.4 Å². The zero-order valence-corrected chi connectivity index (χ0v) is 19.1. The van der Waals surface area contributed by atoms with E-state index in [9.17, 15) is 4.79 Å². The Morgan fingerprint density at radius 1 is 1.23 bits per heavy atom. The number of halogens is 1. The van der Waals surface area contributed by atoms with Crippen LogP contribution in [0, 0.1) is 0 Å². The highest BCUT2D eigenvalue weighted by atomic mass is 35.5. The Labute approximate surface area is 187 Å². The lowest BCUT2D eigenvalue weighted by Gasteiger charge is -2.09. The van der Waals surface area contributed by atoms with Crippen molar-refractivity contribution in [1.82, 2.24) is 4.57 Å². The minimum absolute atomic E-state index is 0.0100. The first-order valence-corrected chi connectivity index (χ1v) is 11.8. The molecule has 0 amide bonds. The van der Waals surface area contributed by atoms with Gasteiger partial charge in [0, 0.05) is 28.8 Å². The number of carbonyl (C=O) groups is 1. The van der Waals surface area contributed by atoms with Gasteiger partial charge in [0.2, 0.25) is 0 Å². The van der Waals surface area contributed by atoms with Crippen LogP contribution in [0.25, 0.3) is 10.9 Å². The molecule has 160 valence electrons. The molecule has 1 heterocycles. The van der Waals surface area contributed by atoms with Gasteiger partial charge in [-0.1, -0.05) is 43.1 Å². The fourth-order valence-corrected chi connectivity index (χ4v) is 4.81. The second-order valence-electron chi connectivity index (χ2n) is 7.23. The van der Waals surface area contributed by atoms with Crippen LogP contribution in [0.15, 0.2) is 47.5 Å². The summed E-state index contributed by atoms with van der Waals surface area (Å²) in [6, 6.07) is 12.0. The number of hydrogen-bond donors (Lipinski definition) is 1. The molecule has 0 unspecified atom stereocenters. The fourth-order valence-electron chi connectivity index (χ4n) is 3.60. The van der Waals surface area contributed by atoms with Crippen molar-refractivity contribution in [3.63, 3.8) is 0 Å². The number of fused-ring (bicyclic) bond motifs is 1. The van der Waals surface area contributed by atoms with E-state index in [4.69, 9.17) is 21.4 Å². The van der Waals surface area contributed by atoms with Crippen LogP contribution in [0.3, 0.4) is 0 Å². The number of carboxylic acid groups (broad SMARTS) is 1. The molecular formula is C24H28ClNO3S. The second kappa shape index (κ2) is 10.8. The molecule has 0 aliphatic carbocycles. The zero-order chi connectivity index (χ0) is 21.5. The summed E-state index contributed by atoms with van der Waals surface area (Å²) in [5.41, 5.74) is 3.30. The summed E-state index contributed by atoms with van der Waals surface area (Å²) in [7, 11) is 0. The number of aryl methyl sites for hydroxylation is 2. The first kappa shape index (κ1) is 22.6. The summed E-state index contributed by atoms with van der Waals surface area (Å²) in [4.78, 5) is 11.8. The number of hydrogen-bond acceptors (Lipinski definition) is 3. The lowest BCUT2D eigenvalue weighted by molar-refractivity contribution is -0.136. The van der Waals surface area contributed by atoms with Gasteiger partial charge in [-0.2, -0.15) is 0 Å². The Morgan fingerprint density at radius 2 is 2.07 bits per heavy atom. The van der Waals surface area contributed by atoms with E-state index >= 15 is 0 Å². The molecule has 0 bridgehead atoms. The standard InChI is InChI=1S/C24H28ClNO3S/c1-3-7-18-8-5-9-20-24(18)21(16-26(20)4-2)29-12-6-13-30-22-11-10-17(14-19(22)25)15-23(27)28/h5,8-11,14,16H,3-4,6-7,12-13,15H2,1-2H3,(H,27,28). The summed E-state index contributed by atoms with van der Waals surface area (Å²) in [6.07, 6.45) is 5.16. The summed E-state index contributed by atoms with van der Waals surface area (Å²) >= 11 is 7.97. The summed E-state index contributed by atoms with van der Waals surface area (Å²) in [5.74, 6) is 0.999. The Kier molecular flexibility index (Phi) is 8.11. The van der Waals surface area contributed by atoms with E-state index in [0.29, 0.717) is 11.6 Å². The van der Waals surface area contributed by atoms with Gasteiger partial charge in [-0.05, 0) is 49.1 Å². The lowest BCUT2D eigenvalue weighted by Crippen LogP contribution is -2.00. The fraction of sp³-hybridized carbons (Fsp3) is 0.375. The molecule has 0 aliphatic rings. The van der Waals surface area contributed by atoms with Gasteiger partial charge in [0.25, 0.3) is 0 Å². The third-order valence-electron chi connectivity index (χ3n) is 4.97. The Balaban J connectivity index is 1.58. The topological polar surface area (TPSA) is 51.5 Å². The molecule has 1 N–H and O–H groups in total. The zero-order valence-electron chi connectivity index (χ0n) is 17.5. The van der Waals surface area contributed by atoms with Crippen LogP contribution in [-0.2, 0) is 24.2 Å². The smallest absolute Gasteiger partial charge is 0.307 e. The van der Waals surface area contributed by atoms with E-state index in [0.717, 1.165) is 47.8 Å².